The second-order valence-corrected chi connectivity index (χ2v) is 5.35. The molecule has 0 N–H and O–H groups in total. The first-order chi connectivity index (χ1) is 10.3. The molecule has 0 aromatic carbocycles. The van der Waals surface area contributed by atoms with Crippen LogP contribution in [-0.4, -0.2) is 25.8 Å². The molecule has 4 heterocycles. The Morgan fingerprint density at radius 3 is 3.24 bits per heavy atom. The summed E-state index contributed by atoms with van der Waals surface area (Å²) in [6.45, 7) is 2.25. The summed E-state index contributed by atoms with van der Waals surface area (Å²) in [5, 5.41) is 8.06. The lowest BCUT2D eigenvalue weighted by Gasteiger charge is -2.19. The Balaban J connectivity index is 1.80. The molecule has 0 saturated carbocycles. The van der Waals surface area contributed by atoms with Gasteiger partial charge in [-0.3, -0.25) is 4.40 Å². The fraction of sp³-hybridized carbons (Fsp3) is 0.188. The second kappa shape index (κ2) is 4.70. The summed E-state index contributed by atoms with van der Waals surface area (Å²) in [5.74, 6) is 0.440. The molecular weight excluding hydrogens is 262 g/mol. The molecule has 2 aliphatic rings. The van der Waals surface area contributed by atoms with Gasteiger partial charge < -0.3 is 4.90 Å². The zero-order valence-corrected chi connectivity index (χ0v) is 11.7. The third kappa shape index (κ3) is 2.07. The maximum absolute atomic E-state index is 4.21. The first-order valence-corrected chi connectivity index (χ1v) is 7.01. The van der Waals surface area contributed by atoms with Crippen LogP contribution < -0.4 is 0 Å². The number of nitrogens with zero attached hydrogens (tertiary/aromatic N) is 5. The Bertz CT molecular complexity index is 809. The highest BCUT2D eigenvalue weighted by atomic mass is 15.2. The monoisotopic (exact) mass is 277 g/mol. The van der Waals surface area contributed by atoms with Crippen LogP contribution in [0, 0.1) is 5.92 Å². The molecule has 4 rings (SSSR count). The van der Waals surface area contributed by atoms with Gasteiger partial charge in [-0.15, -0.1) is 10.2 Å². The number of allylic oxidation sites excluding steroid dienone is 3. The number of hydrogen-bond donors (Lipinski definition) is 0. The Hall–Kier alpha value is -2.69. The fourth-order valence-corrected chi connectivity index (χ4v) is 2.72. The summed E-state index contributed by atoms with van der Waals surface area (Å²) in [5.41, 5.74) is 4.51. The summed E-state index contributed by atoms with van der Waals surface area (Å²) in [6.07, 6.45) is 14.9. The molecule has 2 aromatic rings. The predicted octanol–water partition coefficient (Wildman–Crippen LogP) is 2.85. The highest BCUT2D eigenvalue weighted by Crippen LogP contribution is 2.31. The van der Waals surface area contributed by atoms with Gasteiger partial charge in [0, 0.05) is 24.3 Å². The van der Waals surface area contributed by atoms with Gasteiger partial charge in [0.2, 0.25) is 0 Å². The van der Waals surface area contributed by atoms with E-state index in [4.69, 9.17) is 0 Å². The van der Waals surface area contributed by atoms with Crippen molar-refractivity contribution in [2.45, 2.75) is 13.3 Å². The predicted molar refractivity (Wildman–Crippen MR) is 82.3 cm³/mol. The van der Waals surface area contributed by atoms with Gasteiger partial charge >= 0.3 is 0 Å². The quantitative estimate of drug-likeness (QED) is 0.805. The summed E-state index contributed by atoms with van der Waals surface area (Å²) in [7, 11) is 0. The number of fused-ring (bicyclic) bond motifs is 2. The summed E-state index contributed by atoms with van der Waals surface area (Å²) in [4.78, 5) is 6.28. The van der Waals surface area contributed by atoms with E-state index in [1.165, 1.54) is 16.8 Å². The molecule has 0 fully saturated rings. The van der Waals surface area contributed by atoms with Crippen molar-refractivity contribution in [2.24, 2.45) is 10.9 Å². The van der Waals surface area contributed by atoms with Crippen molar-refractivity contribution in [3.05, 3.63) is 60.5 Å². The molecule has 0 bridgehead atoms. The van der Waals surface area contributed by atoms with Crippen LogP contribution in [0.1, 0.15) is 18.9 Å². The van der Waals surface area contributed by atoms with E-state index >= 15 is 0 Å². The zero-order chi connectivity index (χ0) is 14.2. The van der Waals surface area contributed by atoms with E-state index in [1.807, 2.05) is 29.2 Å². The van der Waals surface area contributed by atoms with Crippen molar-refractivity contribution in [3.63, 3.8) is 0 Å². The van der Waals surface area contributed by atoms with E-state index in [2.05, 4.69) is 51.4 Å². The van der Waals surface area contributed by atoms with Crippen molar-refractivity contribution in [1.82, 2.24) is 19.5 Å². The maximum atomic E-state index is 4.21. The molecule has 104 valence electrons. The van der Waals surface area contributed by atoms with E-state index in [0.717, 1.165) is 12.1 Å². The number of hydrogen-bond acceptors (Lipinski definition) is 4. The third-order valence-corrected chi connectivity index (χ3v) is 3.94. The molecule has 0 saturated heterocycles. The molecule has 2 aromatic heterocycles. The summed E-state index contributed by atoms with van der Waals surface area (Å²) in [6, 6.07) is 4.19. The molecule has 1 atom stereocenters. The largest absolute Gasteiger partial charge is 0.308 e. The van der Waals surface area contributed by atoms with Gasteiger partial charge in [0.25, 0.3) is 0 Å². The van der Waals surface area contributed by atoms with Gasteiger partial charge in [0.1, 0.15) is 6.33 Å². The smallest absolute Gasteiger partial charge is 0.161 e. The van der Waals surface area contributed by atoms with Crippen molar-refractivity contribution in [2.75, 3.05) is 0 Å². The Morgan fingerprint density at radius 1 is 1.33 bits per heavy atom. The molecule has 0 amide bonds. The third-order valence-electron chi connectivity index (χ3n) is 3.94. The average Bonchev–Trinajstić information content (AvgIpc) is 2.91. The zero-order valence-electron chi connectivity index (χ0n) is 11.7. The molecular formula is C16H15N5. The van der Waals surface area contributed by atoms with Crippen LogP contribution in [0.15, 0.2) is 59.9 Å². The molecule has 1 unspecified atom stereocenters. The molecule has 2 aliphatic heterocycles. The molecule has 0 aliphatic carbocycles. The van der Waals surface area contributed by atoms with Crippen LogP contribution in [0.5, 0.6) is 0 Å². The minimum Gasteiger partial charge on any atom is -0.308 e. The first-order valence-electron chi connectivity index (χ1n) is 7.01. The lowest BCUT2D eigenvalue weighted by Crippen LogP contribution is -2.15. The standard InChI is InChI=1S/C16H15N5/c1-12-2-3-14-4-6-17-10-21(14)9-15(12)13-5-7-20-11-18-19-16(20)8-13/h3-12H,2H2,1H3. The van der Waals surface area contributed by atoms with Gasteiger partial charge in [-0.25, -0.2) is 4.99 Å². The molecule has 5 nitrogen and oxygen atoms in total. The number of aliphatic imine (C=N–C) groups is 1. The molecule has 0 radical (unpaired) electrons. The Morgan fingerprint density at radius 2 is 2.29 bits per heavy atom. The number of aromatic nitrogens is 3. The summed E-state index contributed by atoms with van der Waals surface area (Å²) < 4.78 is 1.92. The van der Waals surface area contributed by atoms with Crippen molar-refractivity contribution in [1.29, 1.82) is 0 Å². The second-order valence-electron chi connectivity index (χ2n) is 5.35. The summed E-state index contributed by atoms with van der Waals surface area (Å²) >= 11 is 0. The van der Waals surface area contributed by atoms with Gasteiger partial charge in [0.15, 0.2) is 5.65 Å². The van der Waals surface area contributed by atoms with Crippen molar-refractivity contribution < 1.29 is 0 Å². The van der Waals surface area contributed by atoms with Crippen LogP contribution in [0.2, 0.25) is 0 Å². The van der Waals surface area contributed by atoms with Gasteiger partial charge in [0.05, 0.1) is 6.34 Å². The maximum Gasteiger partial charge on any atom is 0.161 e. The first kappa shape index (κ1) is 12.1. The average molecular weight is 277 g/mol. The molecule has 0 spiro atoms. The van der Waals surface area contributed by atoms with Crippen LogP contribution in [0.25, 0.3) is 11.2 Å². The topological polar surface area (TPSA) is 45.8 Å². The highest BCUT2D eigenvalue weighted by molar-refractivity contribution is 5.74. The van der Waals surface area contributed by atoms with Gasteiger partial charge in [-0.2, -0.15) is 0 Å². The minimum atomic E-state index is 0.440. The van der Waals surface area contributed by atoms with Gasteiger partial charge in [-0.05, 0) is 41.7 Å². The Labute approximate surface area is 122 Å². The van der Waals surface area contributed by atoms with Crippen LogP contribution in [0.4, 0.5) is 0 Å². The number of rotatable bonds is 1. The Kier molecular flexibility index (Phi) is 2.70. The van der Waals surface area contributed by atoms with E-state index in [0.29, 0.717) is 5.92 Å². The fourth-order valence-electron chi connectivity index (χ4n) is 2.72. The van der Waals surface area contributed by atoms with Crippen LogP contribution in [0.3, 0.4) is 0 Å². The van der Waals surface area contributed by atoms with Gasteiger partial charge in [-0.1, -0.05) is 13.0 Å². The normalized spacial score (nSPS) is 21.0. The van der Waals surface area contributed by atoms with E-state index in [1.54, 1.807) is 6.33 Å². The van der Waals surface area contributed by atoms with E-state index < -0.39 is 0 Å². The van der Waals surface area contributed by atoms with E-state index in [-0.39, 0.29) is 0 Å². The lowest BCUT2D eigenvalue weighted by molar-refractivity contribution is 0.729. The SMILES string of the molecule is CC1CC=C2C=CN=CN2C=C1c1ccn2cnnc2c1. The van der Waals surface area contributed by atoms with Crippen LogP contribution >= 0.6 is 0 Å². The van der Waals surface area contributed by atoms with Crippen LogP contribution in [-0.2, 0) is 0 Å². The highest BCUT2D eigenvalue weighted by Gasteiger charge is 2.18. The van der Waals surface area contributed by atoms with Crippen molar-refractivity contribution in [3.8, 4) is 0 Å². The lowest BCUT2D eigenvalue weighted by atomic mass is 9.93. The number of pyridine rings is 1. The molecule has 21 heavy (non-hydrogen) atoms. The molecule has 5 heteroatoms. The van der Waals surface area contributed by atoms with E-state index in [9.17, 15) is 0 Å². The minimum absolute atomic E-state index is 0.440. The van der Waals surface area contributed by atoms with Crippen molar-refractivity contribution >= 4 is 17.6 Å².